The average molecular weight is 372 g/mol. The van der Waals surface area contributed by atoms with E-state index in [1.807, 2.05) is 17.6 Å². The van der Waals surface area contributed by atoms with Crippen LogP contribution in [0.25, 0.3) is 11.1 Å². The van der Waals surface area contributed by atoms with Gasteiger partial charge >= 0.3 is 0 Å². The van der Waals surface area contributed by atoms with Gasteiger partial charge < -0.3 is 0 Å². The molecule has 5 nitrogen and oxygen atoms in total. The van der Waals surface area contributed by atoms with Gasteiger partial charge in [-0.3, -0.25) is 20.3 Å². The van der Waals surface area contributed by atoms with Crippen molar-refractivity contribution >= 4 is 26.9 Å². The molecule has 0 spiro atoms. The van der Waals surface area contributed by atoms with Gasteiger partial charge in [0.2, 0.25) is 0 Å². The van der Waals surface area contributed by atoms with Crippen molar-refractivity contribution in [2.75, 3.05) is 11.5 Å². The van der Waals surface area contributed by atoms with E-state index in [1.54, 1.807) is 12.4 Å². The topological polar surface area (TPSA) is 74.2 Å². The summed E-state index contributed by atoms with van der Waals surface area (Å²) in [6, 6.07) is 12.2. The van der Waals surface area contributed by atoms with Crippen LogP contribution in [0.1, 0.15) is 18.4 Å². The molecule has 0 bridgehead atoms. The molecule has 1 aliphatic rings. The molecule has 1 aromatic carbocycles. The van der Waals surface area contributed by atoms with Crippen LogP contribution in [0.5, 0.6) is 0 Å². The summed E-state index contributed by atoms with van der Waals surface area (Å²) in [7, 11) is -1.12. The molecule has 1 fully saturated rings. The number of benzene rings is 1. The molecule has 0 saturated carbocycles. The second-order valence-corrected chi connectivity index (χ2v) is 10.2. The lowest BCUT2D eigenvalue weighted by Gasteiger charge is -2.39. The SMILES string of the molecule is C=S1(=C)CCC(NCc2ccc(-c3ccncc3)cc2)(C(=O)NO)CC1. The van der Waals surface area contributed by atoms with E-state index in [0.29, 0.717) is 19.4 Å². The Morgan fingerprint density at radius 1 is 1.08 bits per heavy atom. The van der Waals surface area contributed by atoms with E-state index in [0.717, 1.165) is 28.2 Å². The zero-order valence-corrected chi connectivity index (χ0v) is 15.6. The number of hydrogen-bond acceptors (Lipinski definition) is 4. The van der Waals surface area contributed by atoms with Crippen molar-refractivity contribution in [1.29, 1.82) is 0 Å². The zero-order chi connectivity index (χ0) is 18.6. The van der Waals surface area contributed by atoms with Gasteiger partial charge in [-0.1, -0.05) is 36.0 Å². The first-order valence-electron chi connectivity index (χ1n) is 8.58. The van der Waals surface area contributed by atoms with Gasteiger partial charge in [0.15, 0.2) is 0 Å². The summed E-state index contributed by atoms with van der Waals surface area (Å²) >= 11 is 0. The Kier molecular flexibility index (Phi) is 5.46. The lowest BCUT2D eigenvalue weighted by Crippen LogP contribution is -2.58. The maximum absolute atomic E-state index is 12.3. The molecule has 0 radical (unpaired) electrons. The Balaban J connectivity index is 1.70. The third kappa shape index (κ3) is 4.15. The summed E-state index contributed by atoms with van der Waals surface area (Å²) in [5.74, 6) is 9.62. The van der Waals surface area contributed by atoms with Gasteiger partial charge in [0.05, 0.1) is 0 Å². The van der Waals surface area contributed by atoms with Crippen LogP contribution in [0.15, 0.2) is 48.8 Å². The maximum atomic E-state index is 12.3. The maximum Gasteiger partial charge on any atom is 0.263 e. The Bertz CT molecular complexity index is 848. The van der Waals surface area contributed by atoms with Crippen molar-refractivity contribution in [3.63, 3.8) is 0 Å². The highest BCUT2D eigenvalue weighted by molar-refractivity contribution is 8.27. The fraction of sp³-hybridized carbons (Fsp3) is 0.300. The molecule has 1 saturated heterocycles. The number of aromatic nitrogens is 1. The summed E-state index contributed by atoms with van der Waals surface area (Å²) < 4.78 is 0. The lowest BCUT2D eigenvalue weighted by molar-refractivity contribution is -0.136. The minimum Gasteiger partial charge on any atom is -0.299 e. The molecule has 1 aromatic heterocycles. The predicted molar refractivity (Wildman–Crippen MR) is 110 cm³/mol. The molecule has 1 amide bonds. The van der Waals surface area contributed by atoms with E-state index < -0.39 is 14.7 Å². The number of nitrogens with zero attached hydrogens (tertiary/aromatic N) is 1. The molecule has 26 heavy (non-hydrogen) atoms. The molecule has 2 heterocycles. The summed E-state index contributed by atoms with van der Waals surface area (Å²) in [5, 5.41) is 12.5. The van der Waals surface area contributed by atoms with Crippen molar-refractivity contribution in [2.45, 2.75) is 24.9 Å². The summed E-state index contributed by atoms with van der Waals surface area (Å²) in [4.78, 5) is 16.3. The molecular formula is C20H25N3O2S. The number of nitrogens with one attached hydrogen (secondary N) is 2. The minimum absolute atomic E-state index is 0.374. The van der Waals surface area contributed by atoms with E-state index in [-0.39, 0.29) is 5.91 Å². The van der Waals surface area contributed by atoms with Crippen LogP contribution in [0, 0.1) is 0 Å². The van der Waals surface area contributed by atoms with Crippen LogP contribution < -0.4 is 10.8 Å². The molecule has 1 aliphatic heterocycles. The number of hydroxylamine groups is 1. The first kappa shape index (κ1) is 18.6. The third-order valence-corrected chi connectivity index (χ3v) is 7.20. The Morgan fingerprint density at radius 3 is 2.23 bits per heavy atom. The van der Waals surface area contributed by atoms with Crippen LogP contribution in [0.3, 0.4) is 0 Å². The highest BCUT2D eigenvalue weighted by atomic mass is 32.2. The summed E-state index contributed by atoms with van der Waals surface area (Å²) in [6.45, 7) is 0.556. The average Bonchev–Trinajstić information content (AvgIpc) is 2.68. The van der Waals surface area contributed by atoms with Crippen LogP contribution in [0.2, 0.25) is 0 Å². The lowest BCUT2D eigenvalue weighted by atomic mass is 9.91. The van der Waals surface area contributed by atoms with Crippen molar-refractivity contribution < 1.29 is 10.0 Å². The molecule has 6 heteroatoms. The first-order valence-corrected chi connectivity index (χ1v) is 10.9. The largest absolute Gasteiger partial charge is 0.299 e. The van der Waals surface area contributed by atoms with E-state index in [9.17, 15) is 10.0 Å². The molecule has 0 unspecified atom stereocenters. The normalized spacial score (nSPS) is 18.2. The molecular weight excluding hydrogens is 346 g/mol. The standard InChI is InChI=1S/C20H25N3O2S/c1-26(2)13-9-20(10-14-26,19(24)23-25)22-15-16-3-5-17(6-4-16)18-7-11-21-12-8-18/h3-8,11-12,22,25H,1-2,9-10,13-15H2,(H,23,24). The summed E-state index contributed by atoms with van der Waals surface area (Å²) in [6.07, 6.45) is 4.82. The van der Waals surface area contributed by atoms with E-state index in [2.05, 4.69) is 46.3 Å². The van der Waals surface area contributed by atoms with Gasteiger partial charge in [0.25, 0.3) is 5.91 Å². The van der Waals surface area contributed by atoms with Crippen molar-refractivity contribution in [3.8, 4) is 11.1 Å². The van der Waals surface area contributed by atoms with Gasteiger partial charge in [-0.15, -0.1) is 0 Å². The third-order valence-electron chi connectivity index (χ3n) is 5.06. The number of amides is 1. The fourth-order valence-corrected chi connectivity index (χ4v) is 5.00. The van der Waals surface area contributed by atoms with Crippen molar-refractivity contribution in [1.82, 2.24) is 15.8 Å². The van der Waals surface area contributed by atoms with Gasteiger partial charge in [-0.2, -0.15) is 0 Å². The smallest absolute Gasteiger partial charge is 0.263 e. The van der Waals surface area contributed by atoms with Crippen LogP contribution >= 0.6 is 9.21 Å². The quantitative estimate of drug-likeness (QED) is 0.429. The highest BCUT2D eigenvalue weighted by Gasteiger charge is 2.40. The number of pyridine rings is 1. The Morgan fingerprint density at radius 2 is 1.65 bits per heavy atom. The minimum atomic E-state index is -1.12. The second kappa shape index (κ2) is 7.61. The molecule has 3 rings (SSSR count). The monoisotopic (exact) mass is 371 g/mol. The van der Waals surface area contributed by atoms with Gasteiger partial charge in [0.1, 0.15) is 5.54 Å². The Labute approximate surface area is 154 Å². The van der Waals surface area contributed by atoms with Gasteiger partial charge in [-0.05, 0) is 53.2 Å². The van der Waals surface area contributed by atoms with Crippen molar-refractivity contribution in [3.05, 3.63) is 54.4 Å². The van der Waals surface area contributed by atoms with Gasteiger partial charge in [0, 0.05) is 18.9 Å². The zero-order valence-electron chi connectivity index (χ0n) is 14.8. The molecule has 138 valence electrons. The first-order chi connectivity index (χ1) is 12.4. The number of rotatable bonds is 5. The van der Waals surface area contributed by atoms with E-state index in [1.165, 1.54) is 0 Å². The Hall–Kier alpha value is -2.15. The number of carbonyl (C=O) groups excluding carboxylic acids is 1. The molecule has 2 aromatic rings. The van der Waals surface area contributed by atoms with Gasteiger partial charge in [-0.25, -0.2) is 14.7 Å². The predicted octanol–water partition coefficient (Wildman–Crippen LogP) is 2.54. The van der Waals surface area contributed by atoms with Crippen LogP contribution in [-0.4, -0.2) is 44.9 Å². The van der Waals surface area contributed by atoms with E-state index in [4.69, 9.17) is 0 Å². The second-order valence-electron chi connectivity index (χ2n) is 6.94. The number of hydrogen-bond donors (Lipinski definition) is 3. The molecule has 3 N–H and O–H groups in total. The van der Waals surface area contributed by atoms with Crippen molar-refractivity contribution in [2.24, 2.45) is 0 Å². The molecule has 0 atom stereocenters. The van der Waals surface area contributed by atoms with Crippen LogP contribution in [-0.2, 0) is 11.3 Å². The number of carbonyl (C=O) groups is 1. The molecule has 0 aliphatic carbocycles. The highest BCUT2D eigenvalue weighted by Crippen LogP contribution is 2.35. The van der Waals surface area contributed by atoms with E-state index >= 15 is 0 Å². The summed E-state index contributed by atoms with van der Waals surface area (Å²) in [5.41, 5.74) is 4.40. The fourth-order valence-electron chi connectivity index (χ4n) is 3.23. The van der Waals surface area contributed by atoms with Crippen LogP contribution in [0.4, 0.5) is 0 Å².